The summed E-state index contributed by atoms with van der Waals surface area (Å²) >= 11 is 0. The van der Waals surface area contributed by atoms with Crippen LogP contribution in [0.15, 0.2) is 24.3 Å². The topological polar surface area (TPSA) is 75.8 Å². The number of nitrogens with zero attached hydrogens (tertiary/aromatic N) is 1. The fourth-order valence-electron chi connectivity index (χ4n) is 2.28. The molecule has 5 heteroatoms. The molecule has 0 saturated carbocycles. The van der Waals surface area contributed by atoms with Crippen molar-refractivity contribution in [2.75, 3.05) is 19.6 Å². The zero-order valence-electron chi connectivity index (χ0n) is 10.9. The Balaban J connectivity index is 1.90. The van der Waals surface area contributed by atoms with Crippen LogP contribution in [0.4, 0.5) is 0 Å². The lowest BCUT2D eigenvalue weighted by molar-refractivity contribution is -0.131. The molecule has 1 aromatic rings. The largest absolute Gasteiger partial charge is 0.490 e. The molecule has 1 saturated heterocycles. The molecule has 0 aliphatic carbocycles. The smallest absolute Gasteiger partial charge is 0.236 e. The Hall–Kier alpha value is -1.59. The van der Waals surface area contributed by atoms with Gasteiger partial charge in [-0.05, 0) is 6.07 Å². The molecule has 2 rings (SSSR count). The zero-order chi connectivity index (χ0) is 13.7. The van der Waals surface area contributed by atoms with Gasteiger partial charge in [0, 0.05) is 31.5 Å². The second-order valence-corrected chi connectivity index (χ2v) is 4.67. The highest BCUT2D eigenvalue weighted by Crippen LogP contribution is 2.23. The minimum atomic E-state index is -0.0271. The fraction of sp³-hybridized carbons (Fsp3) is 0.500. The van der Waals surface area contributed by atoms with Crippen molar-refractivity contribution < 1.29 is 14.6 Å². The van der Waals surface area contributed by atoms with Gasteiger partial charge in [-0.2, -0.15) is 0 Å². The maximum absolute atomic E-state index is 11.5. The molecular formula is C14H20N2O3. The average molecular weight is 264 g/mol. The minimum absolute atomic E-state index is 0.00536. The average Bonchev–Trinajstić information content (AvgIpc) is 2.48. The normalized spacial score (nSPS) is 16.4. The van der Waals surface area contributed by atoms with E-state index in [2.05, 4.69) is 0 Å². The van der Waals surface area contributed by atoms with Crippen LogP contribution < -0.4 is 10.5 Å². The maximum Gasteiger partial charge on any atom is 0.236 e. The second kappa shape index (κ2) is 6.54. The first-order chi connectivity index (χ1) is 9.24. The van der Waals surface area contributed by atoms with Crippen molar-refractivity contribution in [2.45, 2.75) is 25.6 Å². The predicted molar refractivity (Wildman–Crippen MR) is 71.6 cm³/mol. The Morgan fingerprint density at radius 1 is 1.37 bits per heavy atom. The third kappa shape index (κ3) is 3.45. The lowest BCUT2D eigenvalue weighted by Crippen LogP contribution is -2.44. The van der Waals surface area contributed by atoms with E-state index in [9.17, 15) is 9.90 Å². The predicted octanol–water partition coefficient (Wildman–Crippen LogP) is 0.507. The third-order valence-electron chi connectivity index (χ3n) is 3.41. The van der Waals surface area contributed by atoms with Crippen molar-refractivity contribution >= 4 is 5.91 Å². The Kier molecular flexibility index (Phi) is 4.76. The van der Waals surface area contributed by atoms with E-state index in [-0.39, 0.29) is 25.2 Å². The number of rotatable bonds is 4. The molecular weight excluding hydrogens is 244 g/mol. The van der Waals surface area contributed by atoms with E-state index in [1.807, 2.05) is 24.3 Å². The fourth-order valence-corrected chi connectivity index (χ4v) is 2.28. The highest BCUT2D eigenvalue weighted by Gasteiger charge is 2.23. The van der Waals surface area contributed by atoms with Gasteiger partial charge in [-0.25, -0.2) is 0 Å². The number of hydrogen-bond donors (Lipinski definition) is 2. The van der Waals surface area contributed by atoms with Crippen LogP contribution in [0.25, 0.3) is 0 Å². The number of amides is 1. The molecule has 19 heavy (non-hydrogen) atoms. The summed E-state index contributed by atoms with van der Waals surface area (Å²) < 4.78 is 5.91. The molecule has 0 atom stereocenters. The Labute approximate surface area is 113 Å². The van der Waals surface area contributed by atoms with Gasteiger partial charge in [-0.15, -0.1) is 0 Å². The molecule has 1 fully saturated rings. The summed E-state index contributed by atoms with van der Waals surface area (Å²) in [5, 5.41) is 9.25. The van der Waals surface area contributed by atoms with Crippen LogP contribution in [0.5, 0.6) is 5.75 Å². The minimum Gasteiger partial charge on any atom is -0.490 e. The van der Waals surface area contributed by atoms with Crippen LogP contribution in [0, 0.1) is 0 Å². The summed E-state index contributed by atoms with van der Waals surface area (Å²) in [6.07, 6.45) is 1.69. The van der Waals surface area contributed by atoms with E-state index in [0.29, 0.717) is 13.1 Å². The van der Waals surface area contributed by atoms with Crippen molar-refractivity contribution in [1.82, 2.24) is 4.90 Å². The molecule has 1 aliphatic heterocycles. The van der Waals surface area contributed by atoms with Gasteiger partial charge >= 0.3 is 0 Å². The van der Waals surface area contributed by atoms with Gasteiger partial charge in [0.2, 0.25) is 5.91 Å². The van der Waals surface area contributed by atoms with E-state index in [4.69, 9.17) is 10.5 Å². The molecule has 1 aliphatic rings. The molecule has 0 radical (unpaired) electrons. The number of nitrogens with two attached hydrogens (primary N) is 1. The van der Waals surface area contributed by atoms with Crippen molar-refractivity contribution in [2.24, 2.45) is 5.73 Å². The number of carbonyl (C=O) groups excluding carboxylic acids is 1. The monoisotopic (exact) mass is 264 g/mol. The van der Waals surface area contributed by atoms with E-state index in [1.54, 1.807) is 4.90 Å². The summed E-state index contributed by atoms with van der Waals surface area (Å²) in [5.41, 5.74) is 6.14. The van der Waals surface area contributed by atoms with E-state index < -0.39 is 0 Å². The maximum atomic E-state index is 11.5. The van der Waals surface area contributed by atoms with E-state index in [1.165, 1.54) is 0 Å². The molecule has 1 heterocycles. The number of carbonyl (C=O) groups is 1. The van der Waals surface area contributed by atoms with E-state index >= 15 is 0 Å². The number of ether oxygens (including phenoxy) is 1. The van der Waals surface area contributed by atoms with Crippen LogP contribution in [0.1, 0.15) is 18.4 Å². The molecule has 3 N–H and O–H groups in total. The van der Waals surface area contributed by atoms with Gasteiger partial charge in [-0.3, -0.25) is 4.79 Å². The first-order valence-electron chi connectivity index (χ1n) is 6.58. The highest BCUT2D eigenvalue weighted by molar-refractivity contribution is 5.78. The number of benzene rings is 1. The van der Waals surface area contributed by atoms with Crippen LogP contribution in [0.3, 0.4) is 0 Å². The summed E-state index contributed by atoms with van der Waals surface area (Å²) in [7, 11) is 0. The Morgan fingerprint density at radius 2 is 2.05 bits per heavy atom. The van der Waals surface area contributed by atoms with Gasteiger partial charge < -0.3 is 20.5 Å². The first kappa shape index (κ1) is 13.8. The number of para-hydroxylation sites is 1. The number of aliphatic hydroxyl groups excluding tert-OH is 1. The molecule has 0 bridgehead atoms. The molecule has 0 spiro atoms. The van der Waals surface area contributed by atoms with Crippen molar-refractivity contribution in [1.29, 1.82) is 0 Å². The Morgan fingerprint density at radius 3 is 2.68 bits per heavy atom. The summed E-state index contributed by atoms with van der Waals surface area (Å²) in [6, 6.07) is 7.48. The second-order valence-electron chi connectivity index (χ2n) is 4.67. The van der Waals surface area contributed by atoms with Crippen LogP contribution in [-0.2, 0) is 11.4 Å². The summed E-state index contributed by atoms with van der Waals surface area (Å²) in [4.78, 5) is 13.2. The quantitative estimate of drug-likeness (QED) is 0.830. The SMILES string of the molecule is NCC(=O)N1CCC(Oc2ccccc2CO)CC1. The lowest BCUT2D eigenvalue weighted by Gasteiger charge is -2.32. The van der Waals surface area contributed by atoms with Crippen LogP contribution in [0.2, 0.25) is 0 Å². The first-order valence-corrected chi connectivity index (χ1v) is 6.58. The summed E-state index contributed by atoms with van der Waals surface area (Å²) in [6.45, 7) is 1.41. The highest BCUT2D eigenvalue weighted by atomic mass is 16.5. The number of piperidine rings is 1. The van der Waals surface area contributed by atoms with Gasteiger partial charge in [0.05, 0.1) is 13.2 Å². The number of hydrogen-bond acceptors (Lipinski definition) is 4. The van der Waals surface area contributed by atoms with Crippen molar-refractivity contribution in [3.05, 3.63) is 29.8 Å². The zero-order valence-corrected chi connectivity index (χ0v) is 10.9. The van der Waals surface area contributed by atoms with E-state index in [0.717, 1.165) is 24.2 Å². The van der Waals surface area contributed by atoms with Gasteiger partial charge in [0.25, 0.3) is 0 Å². The van der Waals surface area contributed by atoms with Crippen LogP contribution in [-0.4, -0.2) is 41.7 Å². The standard InChI is InChI=1S/C14H20N2O3/c15-9-14(18)16-7-5-12(6-8-16)19-13-4-2-1-3-11(13)10-17/h1-4,12,17H,5-10,15H2. The Bertz CT molecular complexity index is 428. The van der Waals surface area contributed by atoms with Crippen molar-refractivity contribution in [3.63, 3.8) is 0 Å². The van der Waals surface area contributed by atoms with Gasteiger partial charge in [0.15, 0.2) is 0 Å². The molecule has 1 aromatic carbocycles. The molecule has 0 unspecified atom stereocenters. The van der Waals surface area contributed by atoms with Crippen molar-refractivity contribution in [3.8, 4) is 5.75 Å². The molecule has 1 amide bonds. The van der Waals surface area contributed by atoms with Gasteiger partial charge in [-0.1, -0.05) is 18.2 Å². The number of aliphatic hydroxyl groups is 1. The third-order valence-corrected chi connectivity index (χ3v) is 3.41. The molecule has 5 nitrogen and oxygen atoms in total. The lowest BCUT2D eigenvalue weighted by atomic mass is 10.1. The summed E-state index contributed by atoms with van der Waals surface area (Å²) in [5.74, 6) is 0.725. The number of likely N-dealkylation sites (tertiary alicyclic amines) is 1. The van der Waals surface area contributed by atoms with Crippen LogP contribution >= 0.6 is 0 Å². The molecule has 0 aromatic heterocycles. The molecule has 104 valence electrons. The van der Waals surface area contributed by atoms with Gasteiger partial charge in [0.1, 0.15) is 11.9 Å².